The predicted octanol–water partition coefficient (Wildman–Crippen LogP) is 5.03. The number of amides is 3. The van der Waals surface area contributed by atoms with Crippen LogP contribution in [0.3, 0.4) is 0 Å². The van der Waals surface area contributed by atoms with E-state index in [0.717, 1.165) is 28.8 Å². The van der Waals surface area contributed by atoms with Gasteiger partial charge < -0.3 is 5.32 Å². The second-order valence-electron chi connectivity index (χ2n) is 5.40. The van der Waals surface area contributed by atoms with Crippen molar-refractivity contribution in [3.8, 4) is 0 Å². The maximum absolute atomic E-state index is 12.9. The fourth-order valence-electron chi connectivity index (χ4n) is 2.29. The summed E-state index contributed by atoms with van der Waals surface area (Å²) in [5.74, 6) is -0.485. The molecule has 0 bridgehead atoms. The predicted molar refractivity (Wildman–Crippen MR) is 99.3 cm³/mol. The van der Waals surface area contributed by atoms with Crippen LogP contribution in [0.25, 0.3) is 0 Å². The van der Waals surface area contributed by atoms with Crippen LogP contribution >= 0.6 is 23.4 Å². The molecule has 0 radical (unpaired) electrons. The quantitative estimate of drug-likeness (QED) is 0.751. The molecule has 3 amide bonds. The number of aliphatic imine (C=N–C) groups is 1. The van der Waals surface area contributed by atoms with Crippen molar-refractivity contribution in [2.24, 2.45) is 4.99 Å². The summed E-state index contributed by atoms with van der Waals surface area (Å²) in [6.07, 6.45) is -4.55. The Kier molecular flexibility index (Phi) is 5.43. The van der Waals surface area contributed by atoms with Crippen molar-refractivity contribution in [1.82, 2.24) is 0 Å². The molecule has 27 heavy (non-hydrogen) atoms. The van der Waals surface area contributed by atoms with Crippen LogP contribution < -0.4 is 10.2 Å². The minimum absolute atomic E-state index is 0.00197. The molecule has 0 aliphatic carbocycles. The number of rotatable bonds is 2. The summed E-state index contributed by atoms with van der Waals surface area (Å²) in [5.41, 5.74) is -0.457. The number of benzene rings is 2. The van der Waals surface area contributed by atoms with Gasteiger partial charge in [-0.3, -0.25) is 9.69 Å². The molecule has 1 fully saturated rings. The highest BCUT2D eigenvalue weighted by atomic mass is 35.5. The number of carbonyl (C=O) groups excluding carboxylic acids is 2. The molecule has 0 unspecified atom stereocenters. The van der Waals surface area contributed by atoms with Crippen molar-refractivity contribution in [1.29, 1.82) is 0 Å². The van der Waals surface area contributed by atoms with Crippen LogP contribution in [0.4, 0.5) is 29.3 Å². The molecule has 0 spiro atoms. The van der Waals surface area contributed by atoms with E-state index in [0.29, 0.717) is 10.7 Å². The lowest BCUT2D eigenvalue weighted by Gasteiger charge is -2.17. The van der Waals surface area contributed by atoms with Crippen LogP contribution in [0.2, 0.25) is 5.02 Å². The lowest BCUT2D eigenvalue weighted by Crippen LogP contribution is -2.30. The molecule has 0 aromatic heterocycles. The zero-order chi connectivity index (χ0) is 19.6. The van der Waals surface area contributed by atoms with Gasteiger partial charge in [0.25, 0.3) is 0 Å². The summed E-state index contributed by atoms with van der Waals surface area (Å²) in [6, 6.07) is 9.82. The Labute approximate surface area is 161 Å². The molecule has 0 saturated carbocycles. The molecule has 10 heteroatoms. The zero-order valence-electron chi connectivity index (χ0n) is 13.5. The van der Waals surface area contributed by atoms with Crippen LogP contribution in [0.1, 0.15) is 5.56 Å². The van der Waals surface area contributed by atoms with E-state index in [2.05, 4.69) is 10.3 Å². The molecule has 2 aromatic rings. The van der Waals surface area contributed by atoms with E-state index in [1.807, 2.05) is 0 Å². The third kappa shape index (κ3) is 4.61. The minimum Gasteiger partial charge on any atom is -0.306 e. The molecule has 1 N–H and O–H groups in total. The van der Waals surface area contributed by atoms with Crippen molar-refractivity contribution in [2.75, 3.05) is 16.0 Å². The Morgan fingerprint density at radius 3 is 2.56 bits per heavy atom. The Hall–Kier alpha value is -2.52. The molecular formula is C17H11ClF3N3O2S. The van der Waals surface area contributed by atoms with Crippen LogP contribution in [0, 0.1) is 0 Å². The average molecular weight is 414 g/mol. The van der Waals surface area contributed by atoms with Gasteiger partial charge in [0, 0.05) is 10.7 Å². The third-order valence-corrected chi connectivity index (χ3v) is 4.67. The summed E-state index contributed by atoms with van der Waals surface area (Å²) >= 11 is 6.74. The van der Waals surface area contributed by atoms with Gasteiger partial charge in [0.1, 0.15) is 0 Å². The van der Waals surface area contributed by atoms with Crippen molar-refractivity contribution >= 4 is 51.8 Å². The number of alkyl halides is 3. The van der Waals surface area contributed by atoms with Gasteiger partial charge in [-0.2, -0.15) is 18.2 Å². The monoisotopic (exact) mass is 413 g/mol. The van der Waals surface area contributed by atoms with Crippen molar-refractivity contribution < 1.29 is 22.8 Å². The van der Waals surface area contributed by atoms with Gasteiger partial charge in [0.15, 0.2) is 5.17 Å². The van der Waals surface area contributed by atoms with Crippen LogP contribution in [-0.2, 0) is 11.0 Å². The number of amidine groups is 1. The maximum atomic E-state index is 12.9. The molecule has 0 atom stereocenters. The van der Waals surface area contributed by atoms with E-state index in [4.69, 9.17) is 11.6 Å². The van der Waals surface area contributed by atoms with E-state index in [-0.39, 0.29) is 16.6 Å². The maximum Gasteiger partial charge on any atom is 0.416 e. The zero-order valence-corrected chi connectivity index (χ0v) is 15.0. The molecule has 5 nitrogen and oxygen atoms in total. The normalized spacial score (nSPS) is 16.1. The summed E-state index contributed by atoms with van der Waals surface area (Å²) in [5, 5.41) is 3.00. The molecule has 1 aliphatic heterocycles. The van der Waals surface area contributed by atoms with Crippen molar-refractivity contribution in [3.05, 3.63) is 59.1 Å². The lowest BCUT2D eigenvalue weighted by molar-refractivity contribution is -0.137. The Bertz CT molecular complexity index is 916. The number of halogens is 4. The number of anilines is 2. The first-order chi connectivity index (χ1) is 12.7. The second kappa shape index (κ2) is 7.61. The van der Waals surface area contributed by atoms with Crippen LogP contribution in [-0.4, -0.2) is 22.9 Å². The Balaban J connectivity index is 1.84. The number of hydrogen-bond donors (Lipinski definition) is 1. The van der Waals surface area contributed by atoms with Gasteiger partial charge in [-0.1, -0.05) is 29.4 Å². The van der Waals surface area contributed by atoms with Gasteiger partial charge >= 0.3 is 12.2 Å². The molecule has 1 saturated heterocycles. The highest BCUT2D eigenvalue weighted by Crippen LogP contribution is 2.34. The molecule has 3 rings (SSSR count). The topological polar surface area (TPSA) is 61.8 Å². The average Bonchev–Trinajstić information content (AvgIpc) is 2.96. The number of nitrogens with one attached hydrogen (secondary N) is 1. The molecule has 2 aromatic carbocycles. The summed E-state index contributed by atoms with van der Waals surface area (Å²) < 4.78 is 38.8. The summed E-state index contributed by atoms with van der Waals surface area (Å²) in [6.45, 7) is 0. The minimum atomic E-state index is -4.55. The number of nitrogens with zero attached hydrogens (tertiary/aromatic N) is 2. The second-order valence-corrected chi connectivity index (χ2v) is 6.78. The van der Waals surface area contributed by atoms with E-state index in [1.165, 1.54) is 12.1 Å². The molecule has 140 valence electrons. The van der Waals surface area contributed by atoms with Gasteiger partial charge in [-0.05, 0) is 42.5 Å². The number of carbonyl (C=O) groups is 2. The van der Waals surface area contributed by atoms with Gasteiger partial charge in [0.05, 0.1) is 17.0 Å². The van der Waals surface area contributed by atoms with E-state index in [9.17, 15) is 22.8 Å². The summed E-state index contributed by atoms with van der Waals surface area (Å²) in [4.78, 5) is 29.0. The van der Waals surface area contributed by atoms with Gasteiger partial charge in [0.2, 0.25) is 5.91 Å². The fraction of sp³-hybridized carbons (Fsp3) is 0.118. The van der Waals surface area contributed by atoms with E-state index < -0.39 is 23.7 Å². The fourth-order valence-corrected chi connectivity index (χ4v) is 3.28. The van der Waals surface area contributed by atoms with Crippen molar-refractivity contribution in [2.45, 2.75) is 6.18 Å². The summed E-state index contributed by atoms with van der Waals surface area (Å²) in [7, 11) is 0. The number of urea groups is 1. The number of hydrogen-bond acceptors (Lipinski definition) is 3. The SMILES string of the molecule is O=C(N=C1SCC(=O)N1c1cccc(C(F)(F)F)c1)Nc1ccc(Cl)cc1. The third-order valence-electron chi connectivity index (χ3n) is 3.49. The first-order valence-corrected chi connectivity index (χ1v) is 8.88. The molecule has 1 aliphatic rings. The first kappa shape index (κ1) is 19.2. The Morgan fingerprint density at radius 2 is 1.89 bits per heavy atom. The van der Waals surface area contributed by atoms with E-state index >= 15 is 0 Å². The molecular weight excluding hydrogens is 403 g/mol. The van der Waals surface area contributed by atoms with Crippen molar-refractivity contribution in [3.63, 3.8) is 0 Å². The highest BCUT2D eigenvalue weighted by Gasteiger charge is 2.34. The van der Waals surface area contributed by atoms with Crippen LogP contribution in [0.15, 0.2) is 53.5 Å². The lowest BCUT2D eigenvalue weighted by atomic mass is 10.2. The van der Waals surface area contributed by atoms with Gasteiger partial charge in [-0.25, -0.2) is 4.79 Å². The number of thioether (sulfide) groups is 1. The Morgan fingerprint density at radius 1 is 1.19 bits per heavy atom. The first-order valence-electron chi connectivity index (χ1n) is 7.52. The largest absolute Gasteiger partial charge is 0.416 e. The van der Waals surface area contributed by atoms with Crippen LogP contribution in [0.5, 0.6) is 0 Å². The molecule has 1 heterocycles. The standard InChI is InChI=1S/C17H11ClF3N3O2S/c18-11-4-6-12(7-5-11)22-15(26)23-16-24(14(25)9-27-16)13-3-1-2-10(8-13)17(19,20)21/h1-8H,9H2,(H,22,26). The highest BCUT2D eigenvalue weighted by molar-refractivity contribution is 8.15. The smallest absolute Gasteiger partial charge is 0.306 e. The van der Waals surface area contributed by atoms with Gasteiger partial charge in [-0.15, -0.1) is 0 Å². The van der Waals surface area contributed by atoms with E-state index in [1.54, 1.807) is 24.3 Å².